The summed E-state index contributed by atoms with van der Waals surface area (Å²) in [7, 11) is 0. The summed E-state index contributed by atoms with van der Waals surface area (Å²) in [6.07, 6.45) is -4.28. The normalized spacial score (nSPS) is 17.4. The van der Waals surface area contributed by atoms with Crippen molar-refractivity contribution in [2.24, 2.45) is 5.73 Å². The maximum Gasteiger partial charge on any atom is 0.417 e. The summed E-state index contributed by atoms with van der Waals surface area (Å²) in [6, 6.07) is 10.8. The van der Waals surface area contributed by atoms with Crippen LogP contribution in [0.1, 0.15) is 23.5 Å². The van der Waals surface area contributed by atoms with Gasteiger partial charge in [0.15, 0.2) is 5.78 Å². The lowest BCUT2D eigenvalue weighted by atomic mass is 9.93. The predicted octanol–water partition coefficient (Wildman–Crippen LogP) is 1.85. The average Bonchev–Trinajstić information content (AvgIpc) is 3.27. The van der Waals surface area contributed by atoms with Gasteiger partial charge in [0.2, 0.25) is 5.91 Å². The van der Waals surface area contributed by atoms with E-state index < -0.39 is 35.2 Å². The van der Waals surface area contributed by atoms with E-state index in [0.29, 0.717) is 17.4 Å². The van der Waals surface area contributed by atoms with Crippen LogP contribution in [0.15, 0.2) is 53.3 Å². The second kappa shape index (κ2) is 11.2. The minimum absolute atomic E-state index is 0.0329. The number of alkyl halides is 3. The summed E-state index contributed by atoms with van der Waals surface area (Å²) < 4.78 is 45.5. The van der Waals surface area contributed by atoms with E-state index in [2.05, 4.69) is 15.6 Å². The lowest BCUT2D eigenvalue weighted by Crippen LogP contribution is -2.35. The van der Waals surface area contributed by atoms with E-state index in [4.69, 9.17) is 10.5 Å². The zero-order valence-corrected chi connectivity index (χ0v) is 20.1. The van der Waals surface area contributed by atoms with Gasteiger partial charge in [-0.05, 0) is 35.6 Å². The molecule has 0 bridgehead atoms. The number of aromatic nitrogens is 1. The molecule has 2 atom stereocenters. The van der Waals surface area contributed by atoms with Crippen molar-refractivity contribution in [2.45, 2.75) is 24.6 Å². The largest absolute Gasteiger partial charge is 0.463 e. The lowest BCUT2D eigenvalue weighted by Gasteiger charge is -2.14. The zero-order valence-electron chi connectivity index (χ0n) is 20.1. The monoisotopic (exact) mass is 530 g/mol. The number of rotatable bonds is 9. The van der Waals surface area contributed by atoms with E-state index in [0.717, 1.165) is 6.07 Å². The van der Waals surface area contributed by atoms with Gasteiger partial charge in [0.25, 0.3) is 5.56 Å². The topological polar surface area (TPSA) is 143 Å². The number of carbonyl (C=O) groups is 3. The van der Waals surface area contributed by atoms with Crippen molar-refractivity contribution >= 4 is 28.4 Å². The molecule has 9 nitrogen and oxygen atoms in total. The number of pyridine rings is 1. The van der Waals surface area contributed by atoms with Gasteiger partial charge < -0.3 is 26.1 Å². The van der Waals surface area contributed by atoms with Crippen molar-refractivity contribution in [1.29, 1.82) is 0 Å². The molecule has 0 spiro atoms. The van der Waals surface area contributed by atoms with Crippen molar-refractivity contribution < 1.29 is 32.3 Å². The molecule has 12 heteroatoms. The van der Waals surface area contributed by atoms with Gasteiger partial charge >= 0.3 is 12.1 Å². The van der Waals surface area contributed by atoms with Crippen LogP contribution in [0.2, 0.25) is 0 Å². The molecule has 1 fully saturated rings. The number of nitrogens with one attached hydrogen (secondary N) is 3. The van der Waals surface area contributed by atoms with E-state index in [1.807, 2.05) is 0 Å². The Morgan fingerprint density at radius 2 is 1.84 bits per heavy atom. The van der Waals surface area contributed by atoms with Crippen LogP contribution in [-0.4, -0.2) is 54.9 Å². The third-order valence-electron chi connectivity index (χ3n) is 6.24. The first-order chi connectivity index (χ1) is 18.1. The SMILES string of the molecule is NCC(=O)CNCC(=O)OC[C@@H]1C[C@@H](c2ccc3cc(-c4ccccc4C(F)(F)F)[nH]c(=O)c3c2)C(=O)N1. The number of ketones is 1. The molecule has 2 aromatic carbocycles. The van der Waals surface area contributed by atoms with Gasteiger partial charge in [-0.15, -0.1) is 0 Å². The van der Waals surface area contributed by atoms with Crippen LogP contribution in [0.25, 0.3) is 22.0 Å². The molecular weight excluding hydrogens is 505 g/mol. The molecule has 38 heavy (non-hydrogen) atoms. The Bertz CT molecular complexity index is 1440. The van der Waals surface area contributed by atoms with Crippen molar-refractivity contribution in [2.75, 3.05) is 26.2 Å². The van der Waals surface area contributed by atoms with E-state index in [1.54, 1.807) is 18.2 Å². The first-order valence-electron chi connectivity index (χ1n) is 11.8. The smallest absolute Gasteiger partial charge is 0.417 e. The van der Waals surface area contributed by atoms with Gasteiger partial charge in [-0.2, -0.15) is 13.2 Å². The van der Waals surface area contributed by atoms with Crippen LogP contribution >= 0.6 is 0 Å². The van der Waals surface area contributed by atoms with E-state index >= 15 is 0 Å². The van der Waals surface area contributed by atoms with Gasteiger partial charge in [0.05, 0.1) is 37.2 Å². The molecule has 0 unspecified atom stereocenters. The Morgan fingerprint density at radius 1 is 1.08 bits per heavy atom. The molecule has 0 aliphatic carbocycles. The fourth-order valence-corrected chi connectivity index (χ4v) is 4.37. The molecule has 200 valence electrons. The van der Waals surface area contributed by atoms with E-state index in [1.165, 1.54) is 24.3 Å². The minimum Gasteiger partial charge on any atom is -0.463 e. The van der Waals surface area contributed by atoms with Gasteiger partial charge in [0.1, 0.15) is 6.61 Å². The molecule has 5 N–H and O–H groups in total. The lowest BCUT2D eigenvalue weighted by molar-refractivity contribution is -0.143. The third kappa shape index (κ3) is 6.09. The number of hydrogen-bond donors (Lipinski definition) is 4. The maximum absolute atomic E-state index is 13.5. The van der Waals surface area contributed by atoms with Crippen LogP contribution in [-0.2, 0) is 25.3 Å². The van der Waals surface area contributed by atoms with Crippen LogP contribution in [0.4, 0.5) is 13.2 Å². The van der Waals surface area contributed by atoms with Crippen molar-refractivity contribution in [3.05, 3.63) is 70.0 Å². The number of Topliss-reactive ketones (excluding diaryl/α,β-unsaturated/α-hetero) is 1. The summed E-state index contributed by atoms with van der Waals surface area (Å²) in [4.78, 5) is 51.0. The molecule has 1 saturated heterocycles. The number of ether oxygens (including phenoxy) is 1. The fraction of sp³-hybridized carbons (Fsp3) is 0.308. The quantitative estimate of drug-likeness (QED) is 0.309. The number of halogens is 3. The Labute approximate surface area is 214 Å². The summed E-state index contributed by atoms with van der Waals surface area (Å²) in [5.74, 6) is -1.74. The molecular formula is C26H25F3N4O5. The number of benzene rings is 2. The molecule has 1 amide bonds. The first kappa shape index (κ1) is 27.0. The summed E-state index contributed by atoms with van der Waals surface area (Å²) >= 11 is 0. The molecule has 1 aliphatic heterocycles. The number of aromatic amines is 1. The number of fused-ring (bicyclic) bond motifs is 1. The molecule has 1 aliphatic rings. The molecule has 4 rings (SSSR count). The van der Waals surface area contributed by atoms with Gasteiger partial charge in [0, 0.05) is 16.6 Å². The molecule has 0 radical (unpaired) electrons. The van der Waals surface area contributed by atoms with E-state index in [9.17, 15) is 32.3 Å². The Balaban J connectivity index is 1.47. The molecule has 2 heterocycles. The fourth-order valence-electron chi connectivity index (χ4n) is 4.37. The van der Waals surface area contributed by atoms with Crippen LogP contribution in [0.5, 0.6) is 0 Å². The van der Waals surface area contributed by atoms with Crippen LogP contribution < -0.4 is 21.9 Å². The number of carbonyl (C=O) groups excluding carboxylic acids is 3. The third-order valence-corrected chi connectivity index (χ3v) is 6.24. The highest BCUT2D eigenvalue weighted by Gasteiger charge is 2.35. The summed E-state index contributed by atoms with van der Waals surface area (Å²) in [6.45, 7) is -0.431. The number of nitrogens with two attached hydrogens (primary N) is 1. The predicted molar refractivity (Wildman–Crippen MR) is 132 cm³/mol. The van der Waals surface area contributed by atoms with E-state index in [-0.39, 0.29) is 54.6 Å². The van der Waals surface area contributed by atoms with Crippen molar-refractivity contribution in [3.63, 3.8) is 0 Å². The van der Waals surface area contributed by atoms with Crippen LogP contribution in [0.3, 0.4) is 0 Å². The molecule has 1 aromatic heterocycles. The Kier molecular flexibility index (Phi) is 7.93. The van der Waals surface area contributed by atoms with Gasteiger partial charge in [-0.25, -0.2) is 0 Å². The second-order valence-electron chi connectivity index (χ2n) is 8.93. The van der Waals surface area contributed by atoms with Crippen LogP contribution in [0, 0.1) is 0 Å². The number of H-pyrrole nitrogens is 1. The Morgan fingerprint density at radius 3 is 2.58 bits per heavy atom. The Hall–Kier alpha value is -4.03. The highest BCUT2D eigenvalue weighted by atomic mass is 19.4. The van der Waals surface area contributed by atoms with Gasteiger partial charge in [-0.1, -0.05) is 30.3 Å². The summed E-state index contributed by atoms with van der Waals surface area (Å²) in [5.41, 5.74) is 4.19. The average molecular weight is 531 g/mol. The highest BCUT2D eigenvalue weighted by Crippen LogP contribution is 2.37. The number of hydrogen-bond acceptors (Lipinski definition) is 7. The van der Waals surface area contributed by atoms with Crippen molar-refractivity contribution in [3.8, 4) is 11.3 Å². The summed E-state index contributed by atoms with van der Waals surface area (Å²) in [5, 5.41) is 6.04. The number of amides is 1. The van der Waals surface area contributed by atoms with Gasteiger partial charge in [-0.3, -0.25) is 19.2 Å². The minimum atomic E-state index is -4.59. The highest BCUT2D eigenvalue weighted by molar-refractivity contribution is 5.90. The standard InChI is InChI=1S/C26H25F3N4O5/c27-26(28,29)21-4-2-1-3-18(21)22-8-15-6-5-14(7-19(15)25(37)33-22)20-9-16(32-24(20)36)13-38-23(35)12-31-11-17(34)10-30/h1-8,16,20,31H,9-13,30H2,(H,32,36)(H,33,37)/t16-,20-/m0/s1. The second-order valence-corrected chi connectivity index (χ2v) is 8.93. The first-order valence-corrected chi connectivity index (χ1v) is 11.8. The molecule has 3 aromatic rings. The maximum atomic E-state index is 13.5. The van der Waals surface area contributed by atoms with Crippen molar-refractivity contribution in [1.82, 2.24) is 15.6 Å². The zero-order chi connectivity index (χ0) is 27.4. The number of esters is 1. The molecule has 0 saturated carbocycles.